The molecular weight excluding hydrogens is 312 g/mol. The summed E-state index contributed by atoms with van der Waals surface area (Å²) in [6.45, 7) is 5.67. The van der Waals surface area contributed by atoms with Crippen molar-refractivity contribution in [1.29, 1.82) is 0 Å². The Morgan fingerprint density at radius 3 is 2.54 bits per heavy atom. The van der Waals surface area contributed by atoms with Gasteiger partial charge in [-0.1, -0.05) is 6.92 Å². The predicted octanol–water partition coefficient (Wildman–Crippen LogP) is 0.921. The third kappa shape index (κ3) is 3.59. The molecule has 0 saturated carbocycles. The van der Waals surface area contributed by atoms with Gasteiger partial charge in [-0.05, 0) is 6.42 Å². The predicted molar refractivity (Wildman–Crippen MR) is 88.5 cm³/mol. The number of morpholine rings is 1. The van der Waals surface area contributed by atoms with Gasteiger partial charge in [-0.15, -0.1) is 0 Å². The van der Waals surface area contributed by atoms with Gasteiger partial charge in [0.05, 0.1) is 13.2 Å². The Morgan fingerprint density at radius 2 is 1.92 bits per heavy atom. The summed E-state index contributed by atoms with van der Waals surface area (Å²) < 4.78 is 10.7. The number of anilines is 2. The minimum atomic E-state index is -1.03. The van der Waals surface area contributed by atoms with Crippen molar-refractivity contribution in [2.45, 2.75) is 31.7 Å². The molecule has 0 radical (unpaired) electrons. The number of nitrogens with zero attached hydrogens (tertiary/aromatic N) is 3. The summed E-state index contributed by atoms with van der Waals surface area (Å²) >= 11 is 0. The molecule has 2 N–H and O–H groups in total. The molecule has 0 aromatic carbocycles. The Kier molecular flexibility index (Phi) is 5.15. The molecule has 1 aromatic heterocycles. The molecular formula is C16H24N4O4. The van der Waals surface area contributed by atoms with E-state index in [1.807, 2.05) is 13.0 Å². The zero-order valence-corrected chi connectivity index (χ0v) is 14.0. The molecule has 8 heteroatoms. The largest absolute Gasteiger partial charge is 0.480 e. The summed E-state index contributed by atoms with van der Waals surface area (Å²) in [4.78, 5) is 23.1. The second-order valence-electron chi connectivity index (χ2n) is 6.12. The summed E-state index contributed by atoms with van der Waals surface area (Å²) in [5, 5.41) is 12.9. The number of carboxylic acids is 1. The standard InChI is InChI=1S/C16H24N4O4/c1-2-12-11-13(18-15(17-12)20-5-9-24-10-6-20)19-16(14(21)22)3-7-23-8-4-16/h11H,2-10H2,1H3,(H,21,22)(H,17,18,19). The third-order valence-electron chi connectivity index (χ3n) is 4.55. The quantitative estimate of drug-likeness (QED) is 0.819. The third-order valence-corrected chi connectivity index (χ3v) is 4.55. The van der Waals surface area contributed by atoms with Gasteiger partial charge in [0.25, 0.3) is 0 Å². The van der Waals surface area contributed by atoms with Crippen LogP contribution in [0.15, 0.2) is 6.07 Å². The van der Waals surface area contributed by atoms with Crippen molar-refractivity contribution in [1.82, 2.24) is 9.97 Å². The van der Waals surface area contributed by atoms with Crippen LogP contribution in [0.2, 0.25) is 0 Å². The van der Waals surface area contributed by atoms with Crippen molar-refractivity contribution >= 4 is 17.7 Å². The Morgan fingerprint density at radius 1 is 1.25 bits per heavy atom. The van der Waals surface area contributed by atoms with Gasteiger partial charge in [-0.25, -0.2) is 9.78 Å². The Bertz CT molecular complexity index is 583. The van der Waals surface area contributed by atoms with E-state index in [9.17, 15) is 9.90 Å². The molecule has 0 aliphatic carbocycles. The number of nitrogens with one attached hydrogen (secondary N) is 1. The van der Waals surface area contributed by atoms with E-state index in [1.165, 1.54) is 0 Å². The Labute approximate surface area is 141 Å². The van der Waals surface area contributed by atoms with Gasteiger partial charge in [0.2, 0.25) is 5.95 Å². The van der Waals surface area contributed by atoms with Crippen LogP contribution in [0.25, 0.3) is 0 Å². The Hall–Kier alpha value is -1.93. The average Bonchev–Trinajstić information content (AvgIpc) is 2.63. The number of aryl methyl sites for hydroxylation is 1. The molecule has 2 aliphatic rings. The minimum absolute atomic E-state index is 0.417. The second kappa shape index (κ2) is 7.31. The lowest BCUT2D eigenvalue weighted by atomic mass is 9.90. The van der Waals surface area contributed by atoms with Gasteiger partial charge >= 0.3 is 5.97 Å². The minimum Gasteiger partial charge on any atom is -0.480 e. The number of aliphatic carboxylic acids is 1. The van der Waals surface area contributed by atoms with Crippen molar-refractivity contribution in [2.75, 3.05) is 49.7 Å². The van der Waals surface area contributed by atoms with Crippen molar-refractivity contribution in [3.63, 3.8) is 0 Å². The smallest absolute Gasteiger partial charge is 0.329 e. The summed E-state index contributed by atoms with van der Waals surface area (Å²) in [6, 6.07) is 1.84. The molecule has 0 unspecified atom stereocenters. The fourth-order valence-electron chi connectivity index (χ4n) is 2.99. The van der Waals surface area contributed by atoms with Crippen LogP contribution in [0.1, 0.15) is 25.5 Å². The molecule has 2 fully saturated rings. The number of rotatable bonds is 5. The average molecular weight is 336 g/mol. The van der Waals surface area contributed by atoms with Crippen LogP contribution in [-0.2, 0) is 20.7 Å². The molecule has 0 amide bonds. The fourth-order valence-corrected chi connectivity index (χ4v) is 2.99. The number of hydrogen-bond acceptors (Lipinski definition) is 7. The second-order valence-corrected chi connectivity index (χ2v) is 6.12. The summed E-state index contributed by atoms with van der Waals surface area (Å²) in [5.41, 5.74) is -0.138. The molecule has 0 atom stereocenters. The van der Waals surface area contributed by atoms with Gasteiger partial charge in [0.1, 0.15) is 11.4 Å². The molecule has 3 heterocycles. The number of hydrogen-bond donors (Lipinski definition) is 2. The van der Waals surface area contributed by atoms with Crippen LogP contribution in [0.4, 0.5) is 11.8 Å². The van der Waals surface area contributed by atoms with Crippen LogP contribution >= 0.6 is 0 Å². The number of carboxylic acid groups (broad SMARTS) is 1. The van der Waals surface area contributed by atoms with E-state index >= 15 is 0 Å². The van der Waals surface area contributed by atoms with Crippen LogP contribution in [-0.4, -0.2) is 66.1 Å². The fraction of sp³-hybridized carbons (Fsp3) is 0.688. The van der Waals surface area contributed by atoms with E-state index < -0.39 is 11.5 Å². The first kappa shape index (κ1) is 16.9. The maximum atomic E-state index is 11.8. The zero-order chi connectivity index (χ0) is 17.0. The van der Waals surface area contributed by atoms with Gasteiger partial charge in [-0.2, -0.15) is 4.98 Å². The highest BCUT2D eigenvalue weighted by Gasteiger charge is 2.40. The number of carbonyl (C=O) groups is 1. The first-order valence-electron chi connectivity index (χ1n) is 8.43. The van der Waals surface area contributed by atoms with Crippen LogP contribution in [0, 0.1) is 0 Å². The summed E-state index contributed by atoms with van der Waals surface area (Å²) in [7, 11) is 0. The van der Waals surface area contributed by atoms with Crippen LogP contribution in [0.3, 0.4) is 0 Å². The molecule has 1 aromatic rings. The van der Waals surface area contributed by atoms with Gasteiger partial charge in [-0.3, -0.25) is 0 Å². The highest BCUT2D eigenvalue weighted by molar-refractivity contribution is 5.82. The molecule has 24 heavy (non-hydrogen) atoms. The lowest BCUT2D eigenvalue weighted by molar-refractivity contribution is -0.145. The summed E-state index contributed by atoms with van der Waals surface area (Å²) in [6.07, 6.45) is 1.60. The van der Waals surface area contributed by atoms with Crippen molar-refractivity contribution in [3.8, 4) is 0 Å². The van der Waals surface area contributed by atoms with Gasteiger partial charge < -0.3 is 24.8 Å². The van der Waals surface area contributed by atoms with E-state index in [1.54, 1.807) is 0 Å². The summed E-state index contributed by atoms with van der Waals surface area (Å²) in [5.74, 6) is 0.329. The monoisotopic (exact) mass is 336 g/mol. The normalized spacial score (nSPS) is 20.6. The van der Waals surface area contributed by atoms with Crippen molar-refractivity contribution in [3.05, 3.63) is 11.8 Å². The van der Waals surface area contributed by atoms with E-state index in [2.05, 4.69) is 20.2 Å². The van der Waals surface area contributed by atoms with Crippen molar-refractivity contribution in [2.24, 2.45) is 0 Å². The number of aromatic nitrogens is 2. The first-order chi connectivity index (χ1) is 11.6. The van der Waals surface area contributed by atoms with E-state index in [0.29, 0.717) is 51.0 Å². The van der Waals surface area contributed by atoms with Gasteiger partial charge in [0.15, 0.2) is 0 Å². The molecule has 0 spiro atoms. The maximum absolute atomic E-state index is 11.8. The highest BCUT2D eigenvalue weighted by atomic mass is 16.5. The molecule has 0 bridgehead atoms. The van der Waals surface area contributed by atoms with Crippen molar-refractivity contribution < 1.29 is 19.4 Å². The molecule has 132 valence electrons. The number of ether oxygens (including phenoxy) is 2. The van der Waals surface area contributed by atoms with Crippen LogP contribution < -0.4 is 10.2 Å². The SMILES string of the molecule is CCc1cc(NC2(C(=O)O)CCOCC2)nc(N2CCOCC2)n1. The topological polar surface area (TPSA) is 96.8 Å². The van der Waals surface area contributed by atoms with E-state index in [0.717, 1.165) is 25.2 Å². The van der Waals surface area contributed by atoms with Gasteiger partial charge in [0, 0.05) is 50.9 Å². The highest BCUT2D eigenvalue weighted by Crippen LogP contribution is 2.27. The molecule has 8 nitrogen and oxygen atoms in total. The first-order valence-corrected chi connectivity index (χ1v) is 8.43. The maximum Gasteiger partial charge on any atom is 0.329 e. The lowest BCUT2D eigenvalue weighted by Crippen LogP contribution is -2.50. The molecule has 2 saturated heterocycles. The zero-order valence-electron chi connectivity index (χ0n) is 14.0. The van der Waals surface area contributed by atoms with E-state index in [4.69, 9.17) is 9.47 Å². The van der Waals surface area contributed by atoms with Crippen LogP contribution in [0.5, 0.6) is 0 Å². The van der Waals surface area contributed by atoms with E-state index in [-0.39, 0.29) is 0 Å². The molecule has 2 aliphatic heterocycles. The molecule has 3 rings (SSSR count). The lowest BCUT2D eigenvalue weighted by Gasteiger charge is -2.35. The Balaban J connectivity index is 1.87.